The van der Waals surface area contributed by atoms with E-state index in [2.05, 4.69) is 10.4 Å². The van der Waals surface area contributed by atoms with E-state index < -0.39 is 46.8 Å². The molecule has 10 heteroatoms. The molecule has 4 aliphatic rings. The topological polar surface area (TPSA) is 133 Å². The van der Waals surface area contributed by atoms with Crippen molar-refractivity contribution in [3.05, 3.63) is 155 Å². The van der Waals surface area contributed by atoms with Gasteiger partial charge in [0.2, 0.25) is 17.7 Å². The predicted octanol–water partition coefficient (Wildman–Crippen LogP) is 8.01. The number of aryl methyl sites for hydroxylation is 2. The van der Waals surface area contributed by atoms with Gasteiger partial charge in [-0.2, -0.15) is 5.01 Å². The number of phenolic OH excluding ortho intramolecular Hbond substituents is 1. The Labute approximate surface area is 328 Å². The van der Waals surface area contributed by atoms with Crippen LogP contribution in [0.4, 0.5) is 11.4 Å². The Balaban J connectivity index is 1.08. The number of aromatic nitrogens is 1. The molecule has 3 fully saturated rings. The largest absolute Gasteiger partial charge is 0.507 e. The molecule has 2 saturated heterocycles. The number of hydrogen-bond acceptors (Lipinski definition) is 8. The summed E-state index contributed by atoms with van der Waals surface area (Å²) in [6.45, 7) is 3.76. The number of nitrogens with one attached hydrogen (secondary N) is 1. The standard InChI is InChI=1S/C47H38N4O6/c1-26-15-19-30(20-16-26)49-51-44(54)36-25-35-32(40(34-12-8-9-27(2)41(34)52)47(36,46(51)56)29-10-4-3-5-11-29)23-24-33-39(35)45(55)50(43(33)53)31-21-17-28(18-22-31)42-48-37-13-6-7-14-38(37)57-42/h3-23,33,35-36,39-40,49,52H,24-25H2,1-2H3/t33-,35+,36-,39-,40+,47+/m0/s1. The summed E-state index contributed by atoms with van der Waals surface area (Å²) in [5.41, 5.74) is 8.32. The number of oxazole rings is 1. The number of para-hydroxylation sites is 3. The van der Waals surface area contributed by atoms with Crippen molar-refractivity contribution in [1.82, 2.24) is 9.99 Å². The number of imide groups is 2. The molecule has 10 nitrogen and oxygen atoms in total. The van der Waals surface area contributed by atoms with Gasteiger partial charge in [-0.3, -0.25) is 29.5 Å². The molecule has 2 aliphatic carbocycles. The monoisotopic (exact) mass is 754 g/mol. The number of carbonyl (C=O) groups is 4. The van der Waals surface area contributed by atoms with E-state index in [-0.39, 0.29) is 30.4 Å². The second kappa shape index (κ2) is 12.9. The van der Waals surface area contributed by atoms with Gasteiger partial charge in [0.05, 0.1) is 34.5 Å². The third kappa shape index (κ3) is 5.06. The number of amides is 4. The van der Waals surface area contributed by atoms with Gasteiger partial charge in [0, 0.05) is 17.0 Å². The first-order chi connectivity index (χ1) is 27.7. The molecule has 0 radical (unpaired) electrons. The number of hydrogen-bond donors (Lipinski definition) is 2. The molecule has 57 heavy (non-hydrogen) atoms. The average Bonchev–Trinajstić information content (AvgIpc) is 3.85. The normalized spacial score (nSPS) is 25.4. The van der Waals surface area contributed by atoms with Crippen molar-refractivity contribution in [2.24, 2.45) is 23.7 Å². The molecule has 1 saturated carbocycles. The van der Waals surface area contributed by atoms with Gasteiger partial charge < -0.3 is 9.52 Å². The molecule has 3 heterocycles. The fraction of sp³-hybridized carbons (Fsp3) is 0.213. The number of rotatable bonds is 6. The third-order valence-corrected chi connectivity index (χ3v) is 12.6. The highest BCUT2D eigenvalue weighted by atomic mass is 16.3. The Kier molecular flexibility index (Phi) is 7.83. The van der Waals surface area contributed by atoms with Gasteiger partial charge in [0.15, 0.2) is 5.58 Å². The molecular weight excluding hydrogens is 717 g/mol. The van der Waals surface area contributed by atoms with Crippen molar-refractivity contribution < 1.29 is 28.7 Å². The highest BCUT2D eigenvalue weighted by Gasteiger charge is 2.70. The zero-order valence-electron chi connectivity index (χ0n) is 31.3. The maximum Gasteiger partial charge on any atom is 0.260 e. The molecule has 10 rings (SSSR count). The van der Waals surface area contributed by atoms with Crippen LogP contribution in [-0.2, 0) is 24.6 Å². The Morgan fingerprint density at radius 1 is 0.772 bits per heavy atom. The quantitative estimate of drug-likeness (QED) is 0.129. The highest BCUT2D eigenvalue weighted by molar-refractivity contribution is 6.22. The van der Waals surface area contributed by atoms with Gasteiger partial charge >= 0.3 is 0 Å². The number of benzene rings is 5. The first-order valence-corrected chi connectivity index (χ1v) is 19.3. The van der Waals surface area contributed by atoms with Crippen molar-refractivity contribution in [3.8, 4) is 17.2 Å². The molecular formula is C47H38N4O6. The van der Waals surface area contributed by atoms with Crippen LogP contribution in [0.25, 0.3) is 22.6 Å². The first kappa shape index (κ1) is 34.7. The molecule has 0 bridgehead atoms. The minimum absolute atomic E-state index is 0.0277. The maximum absolute atomic E-state index is 15.4. The van der Waals surface area contributed by atoms with E-state index in [0.29, 0.717) is 45.1 Å². The Hall–Kier alpha value is -6.81. The number of carbonyl (C=O) groups excluding carboxylic acids is 4. The Morgan fingerprint density at radius 2 is 1.51 bits per heavy atom. The van der Waals surface area contributed by atoms with E-state index >= 15 is 4.79 Å². The Bertz CT molecular complexity index is 2640. The highest BCUT2D eigenvalue weighted by Crippen LogP contribution is 2.65. The SMILES string of the molecule is Cc1ccc(NN2C(=O)[C@@H]3C[C@@H]4C(=CC[C@@H]5C(=O)N(c6ccc(-c7nc8ccccc8o7)cc6)C(=O)[C@@H]54)[C@H](c4cccc(C)c4O)[C@]3(c3ccccc3)C2=O)cc1. The predicted molar refractivity (Wildman–Crippen MR) is 214 cm³/mol. The van der Waals surface area contributed by atoms with Crippen LogP contribution >= 0.6 is 0 Å². The molecule has 6 aromatic rings. The van der Waals surface area contributed by atoms with Crippen molar-refractivity contribution in [2.45, 2.75) is 38.0 Å². The van der Waals surface area contributed by atoms with E-state index in [1.165, 1.54) is 4.90 Å². The van der Waals surface area contributed by atoms with E-state index in [9.17, 15) is 19.5 Å². The van der Waals surface area contributed by atoms with Crippen molar-refractivity contribution >= 4 is 46.1 Å². The summed E-state index contributed by atoms with van der Waals surface area (Å²) in [6, 6.07) is 36.7. The summed E-state index contributed by atoms with van der Waals surface area (Å²) < 4.78 is 5.95. The number of phenols is 1. The van der Waals surface area contributed by atoms with E-state index in [4.69, 9.17) is 4.42 Å². The van der Waals surface area contributed by atoms with Crippen LogP contribution in [0.15, 0.2) is 137 Å². The maximum atomic E-state index is 15.4. The summed E-state index contributed by atoms with van der Waals surface area (Å²) in [5, 5.41) is 13.0. The molecule has 5 aromatic carbocycles. The van der Waals surface area contributed by atoms with Crippen molar-refractivity contribution in [2.75, 3.05) is 10.3 Å². The van der Waals surface area contributed by atoms with Crippen LogP contribution in [0.3, 0.4) is 0 Å². The number of hydrazine groups is 1. The van der Waals surface area contributed by atoms with Crippen LogP contribution in [0.2, 0.25) is 0 Å². The zero-order chi connectivity index (χ0) is 39.2. The van der Waals surface area contributed by atoms with Crippen LogP contribution in [0, 0.1) is 37.5 Å². The lowest BCUT2D eigenvalue weighted by molar-refractivity contribution is -0.138. The van der Waals surface area contributed by atoms with Crippen LogP contribution in [0.1, 0.15) is 41.0 Å². The molecule has 2 N–H and O–H groups in total. The minimum atomic E-state index is -1.47. The summed E-state index contributed by atoms with van der Waals surface area (Å²) in [5.74, 6) is -4.80. The lowest BCUT2D eigenvalue weighted by Gasteiger charge is -2.50. The van der Waals surface area contributed by atoms with Crippen LogP contribution in [0.5, 0.6) is 5.75 Å². The van der Waals surface area contributed by atoms with Gasteiger partial charge in [0.1, 0.15) is 11.3 Å². The lowest BCUT2D eigenvalue weighted by atomic mass is 9.49. The van der Waals surface area contributed by atoms with E-state index in [0.717, 1.165) is 21.7 Å². The fourth-order valence-electron chi connectivity index (χ4n) is 10.0. The first-order valence-electron chi connectivity index (χ1n) is 19.3. The number of aromatic hydroxyl groups is 1. The van der Waals surface area contributed by atoms with Gasteiger partial charge in [-0.25, -0.2) is 4.98 Å². The van der Waals surface area contributed by atoms with Gasteiger partial charge in [0.25, 0.3) is 11.8 Å². The fourth-order valence-corrected chi connectivity index (χ4v) is 10.0. The van der Waals surface area contributed by atoms with Crippen molar-refractivity contribution in [3.63, 3.8) is 0 Å². The average molecular weight is 755 g/mol. The van der Waals surface area contributed by atoms with Crippen LogP contribution < -0.4 is 10.3 Å². The molecule has 282 valence electrons. The Morgan fingerprint density at radius 3 is 2.26 bits per heavy atom. The summed E-state index contributed by atoms with van der Waals surface area (Å²) in [4.78, 5) is 65.2. The second-order valence-electron chi connectivity index (χ2n) is 15.6. The van der Waals surface area contributed by atoms with E-state index in [1.807, 2.05) is 104 Å². The summed E-state index contributed by atoms with van der Waals surface area (Å²) in [6.07, 6.45) is 2.42. The third-order valence-electron chi connectivity index (χ3n) is 12.6. The zero-order valence-corrected chi connectivity index (χ0v) is 31.3. The molecule has 1 aromatic heterocycles. The second-order valence-corrected chi connectivity index (χ2v) is 15.6. The summed E-state index contributed by atoms with van der Waals surface area (Å²) in [7, 11) is 0. The number of nitrogens with zero attached hydrogens (tertiary/aromatic N) is 3. The van der Waals surface area contributed by atoms with Crippen molar-refractivity contribution in [1.29, 1.82) is 0 Å². The number of allylic oxidation sites excluding steroid dienone is 2. The molecule has 2 aliphatic heterocycles. The number of fused-ring (bicyclic) bond motifs is 5. The lowest BCUT2D eigenvalue weighted by Crippen LogP contribution is -2.53. The molecule has 0 unspecified atom stereocenters. The van der Waals surface area contributed by atoms with E-state index in [1.54, 1.807) is 37.3 Å². The van der Waals surface area contributed by atoms with Gasteiger partial charge in [-0.05, 0) is 92.3 Å². The number of anilines is 2. The molecule has 0 spiro atoms. The van der Waals surface area contributed by atoms with Crippen LogP contribution in [-0.4, -0.2) is 38.7 Å². The minimum Gasteiger partial charge on any atom is -0.507 e. The molecule has 6 atom stereocenters. The smallest absolute Gasteiger partial charge is 0.260 e. The van der Waals surface area contributed by atoms with Gasteiger partial charge in [-0.1, -0.05) is 90.0 Å². The van der Waals surface area contributed by atoms with Gasteiger partial charge in [-0.15, -0.1) is 0 Å². The molecule has 4 amide bonds. The summed E-state index contributed by atoms with van der Waals surface area (Å²) >= 11 is 0.